The highest BCUT2D eigenvalue weighted by atomic mass is 35.5. The highest BCUT2D eigenvalue weighted by molar-refractivity contribution is 6.34. The number of halogens is 1. The quantitative estimate of drug-likeness (QED) is 0.671. The van der Waals surface area contributed by atoms with Gasteiger partial charge >= 0.3 is 0 Å². The first-order valence-electron chi connectivity index (χ1n) is 5.69. The van der Waals surface area contributed by atoms with Crippen LogP contribution >= 0.6 is 11.6 Å². The molecule has 3 aromatic rings. The molecule has 3 rings (SSSR count). The second kappa shape index (κ2) is 4.82. The Kier molecular flexibility index (Phi) is 3.01. The Labute approximate surface area is 115 Å². The van der Waals surface area contributed by atoms with Gasteiger partial charge in [0.2, 0.25) is 0 Å². The van der Waals surface area contributed by atoms with E-state index >= 15 is 0 Å². The van der Waals surface area contributed by atoms with Crippen molar-refractivity contribution in [1.82, 2.24) is 15.0 Å². The van der Waals surface area contributed by atoms with Gasteiger partial charge < -0.3 is 4.74 Å². The summed E-state index contributed by atoms with van der Waals surface area (Å²) in [5, 5.41) is 1.24. The zero-order valence-electron chi connectivity index (χ0n) is 10.2. The van der Waals surface area contributed by atoms with Gasteiger partial charge in [-0.25, -0.2) is 9.97 Å². The number of hydrogen-bond acceptors (Lipinski definition) is 4. The largest absolute Gasteiger partial charge is 0.497 e. The van der Waals surface area contributed by atoms with Crippen molar-refractivity contribution in [3.8, 4) is 17.1 Å². The Hall–Kier alpha value is -2.20. The average Bonchev–Trinajstić information content (AvgIpc) is 2.47. The summed E-state index contributed by atoms with van der Waals surface area (Å²) in [7, 11) is 1.62. The lowest BCUT2D eigenvalue weighted by molar-refractivity contribution is 0.415. The van der Waals surface area contributed by atoms with E-state index in [0.29, 0.717) is 11.0 Å². The van der Waals surface area contributed by atoms with Crippen LogP contribution in [0.15, 0.2) is 42.7 Å². The maximum Gasteiger partial charge on any atom is 0.161 e. The molecule has 94 valence electrons. The molecule has 0 amide bonds. The summed E-state index contributed by atoms with van der Waals surface area (Å²) in [5.41, 5.74) is 1.63. The van der Waals surface area contributed by atoms with Crippen LogP contribution in [-0.4, -0.2) is 22.1 Å². The van der Waals surface area contributed by atoms with Gasteiger partial charge in [-0.3, -0.25) is 4.98 Å². The van der Waals surface area contributed by atoms with Crippen molar-refractivity contribution < 1.29 is 4.74 Å². The van der Waals surface area contributed by atoms with Crippen LogP contribution < -0.4 is 4.74 Å². The minimum absolute atomic E-state index is 0.430. The molecule has 2 heterocycles. The lowest BCUT2D eigenvalue weighted by Gasteiger charge is -2.06. The summed E-state index contributed by atoms with van der Waals surface area (Å²) in [6.45, 7) is 0. The van der Waals surface area contributed by atoms with E-state index < -0.39 is 0 Å². The summed E-state index contributed by atoms with van der Waals surface area (Å²) in [4.78, 5) is 12.8. The molecule has 0 aliphatic rings. The lowest BCUT2D eigenvalue weighted by Crippen LogP contribution is -1.93. The molecular weight excluding hydrogens is 262 g/mol. The normalized spacial score (nSPS) is 10.6. The van der Waals surface area contributed by atoms with E-state index in [1.54, 1.807) is 19.5 Å². The van der Waals surface area contributed by atoms with Crippen LogP contribution in [-0.2, 0) is 0 Å². The first-order valence-corrected chi connectivity index (χ1v) is 6.07. The van der Waals surface area contributed by atoms with Crippen molar-refractivity contribution in [2.75, 3.05) is 7.11 Å². The van der Waals surface area contributed by atoms with E-state index in [9.17, 15) is 0 Å². The number of rotatable bonds is 2. The SMILES string of the molecule is COc1ccc2c(Cl)nc(-c3ccncc3)nc2c1. The number of pyridine rings is 1. The van der Waals surface area contributed by atoms with E-state index in [2.05, 4.69) is 15.0 Å². The highest BCUT2D eigenvalue weighted by Crippen LogP contribution is 2.27. The van der Waals surface area contributed by atoms with Crippen LogP contribution in [0.5, 0.6) is 5.75 Å². The van der Waals surface area contributed by atoms with E-state index in [4.69, 9.17) is 16.3 Å². The van der Waals surface area contributed by atoms with Gasteiger partial charge in [0.05, 0.1) is 12.6 Å². The first kappa shape index (κ1) is 11.9. The number of nitrogens with zero attached hydrogens (tertiary/aromatic N) is 3. The fraction of sp³-hybridized carbons (Fsp3) is 0.0714. The van der Waals surface area contributed by atoms with Gasteiger partial charge in [-0.15, -0.1) is 0 Å². The van der Waals surface area contributed by atoms with Crippen LogP contribution in [0.2, 0.25) is 5.15 Å². The van der Waals surface area contributed by atoms with Crippen molar-refractivity contribution in [2.45, 2.75) is 0 Å². The van der Waals surface area contributed by atoms with Gasteiger partial charge in [0, 0.05) is 29.4 Å². The molecule has 0 aliphatic heterocycles. The van der Waals surface area contributed by atoms with Crippen molar-refractivity contribution >= 4 is 22.5 Å². The van der Waals surface area contributed by atoms with Crippen LogP contribution in [0.25, 0.3) is 22.3 Å². The molecule has 0 saturated carbocycles. The molecule has 0 radical (unpaired) electrons. The van der Waals surface area contributed by atoms with Crippen molar-refractivity contribution in [2.24, 2.45) is 0 Å². The number of fused-ring (bicyclic) bond motifs is 1. The number of aromatic nitrogens is 3. The van der Waals surface area contributed by atoms with Gasteiger partial charge in [0.1, 0.15) is 10.9 Å². The molecule has 0 unspecified atom stereocenters. The minimum atomic E-state index is 0.430. The van der Waals surface area contributed by atoms with E-state index in [1.165, 1.54) is 0 Å². The van der Waals surface area contributed by atoms with Gasteiger partial charge in [-0.2, -0.15) is 0 Å². The van der Waals surface area contributed by atoms with Crippen molar-refractivity contribution in [3.05, 3.63) is 47.9 Å². The molecule has 0 saturated heterocycles. The molecule has 0 N–H and O–H groups in total. The summed E-state index contributed by atoms with van der Waals surface area (Å²) >= 11 is 6.20. The molecular formula is C14H10ClN3O. The molecule has 1 aromatic carbocycles. The smallest absolute Gasteiger partial charge is 0.161 e. The second-order valence-electron chi connectivity index (χ2n) is 3.96. The zero-order chi connectivity index (χ0) is 13.2. The predicted molar refractivity (Wildman–Crippen MR) is 74.3 cm³/mol. The number of hydrogen-bond donors (Lipinski definition) is 0. The summed E-state index contributed by atoms with van der Waals surface area (Å²) in [5.74, 6) is 1.32. The topological polar surface area (TPSA) is 47.9 Å². The molecule has 0 bridgehead atoms. The third-order valence-corrected chi connectivity index (χ3v) is 3.08. The minimum Gasteiger partial charge on any atom is -0.497 e. The zero-order valence-corrected chi connectivity index (χ0v) is 10.9. The average molecular weight is 272 g/mol. The van der Waals surface area contributed by atoms with Gasteiger partial charge in [0.15, 0.2) is 5.82 Å². The summed E-state index contributed by atoms with van der Waals surface area (Å²) < 4.78 is 5.19. The van der Waals surface area contributed by atoms with E-state index in [-0.39, 0.29) is 0 Å². The molecule has 5 heteroatoms. The van der Waals surface area contributed by atoms with Crippen LogP contribution in [0.3, 0.4) is 0 Å². The fourth-order valence-electron chi connectivity index (χ4n) is 1.83. The van der Waals surface area contributed by atoms with Gasteiger partial charge in [-0.05, 0) is 24.3 Å². The Morgan fingerprint density at radius 3 is 2.58 bits per heavy atom. The third-order valence-electron chi connectivity index (χ3n) is 2.80. The van der Waals surface area contributed by atoms with E-state index in [0.717, 1.165) is 22.2 Å². The Bertz CT molecular complexity index is 731. The van der Waals surface area contributed by atoms with Gasteiger partial charge in [0.25, 0.3) is 0 Å². The molecule has 0 spiro atoms. The standard InChI is InChI=1S/C14H10ClN3O/c1-19-10-2-3-11-12(8-10)17-14(18-13(11)15)9-4-6-16-7-5-9/h2-8H,1H3. The number of methoxy groups -OCH3 is 1. The molecule has 0 fully saturated rings. The third kappa shape index (κ3) is 2.22. The summed E-state index contributed by atoms with van der Waals surface area (Å²) in [6.07, 6.45) is 3.39. The maximum absolute atomic E-state index is 6.20. The Balaban J connectivity index is 2.23. The van der Waals surface area contributed by atoms with Crippen LogP contribution in [0, 0.1) is 0 Å². The molecule has 19 heavy (non-hydrogen) atoms. The summed E-state index contributed by atoms with van der Waals surface area (Å²) in [6, 6.07) is 9.22. The molecule has 0 atom stereocenters. The molecule has 0 aliphatic carbocycles. The Morgan fingerprint density at radius 1 is 1.05 bits per heavy atom. The van der Waals surface area contributed by atoms with Crippen molar-refractivity contribution in [3.63, 3.8) is 0 Å². The van der Waals surface area contributed by atoms with Crippen LogP contribution in [0.1, 0.15) is 0 Å². The van der Waals surface area contributed by atoms with E-state index in [1.807, 2.05) is 30.3 Å². The number of ether oxygens (including phenoxy) is 1. The highest BCUT2D eigenvalue weighted by Gasteiger charge is 2.08. The monoisotopic (exact) mass is 271 g/mol. The maximum atomic E-state index is 6.20. The van der Waals surface area contributed by atoms with Gasteiger partial charge in [-0.1, -0.05) is 11.6 Å². The first-order chi connectivity index (χ1) is 9.28. The number of benzene rings is 1. The lowest BCUT2D eigenvalue weighted by atomic mass is 10.2. The fourth-order valence-corrected chi connectivity index (χ4v) is 2.07. The van der Waals surface area contributed by atoms with Crippen LogP contribution in [0.4, 0.5) is 0 Å². The molecule has 4 nitrogen and oxygen atoms in total. The van der Waals surface area contributed by atoms with Crippen molar-refractivity contribution in [1.29, 1.82) is 0 Å². The predicted octanol–water partition coefficient (Wildman–Crippen LogP) is 3.35. The Morgan fingerprint density at radius 2 is 1.84 bits per heavy atom. The second-order valence-corrected chi connectivity index (χ2v) is 4.32. The molecule has 2 aromatic heterocycles.